The van der Waals surface area contributed by atoms with Crippen molar-refractivity contribution in [2.24, 2.45) is 0 Å². The van der Waals surface area contributed by atoms with Gasteiger partial charge in [0.2, 0.25) is 5.75 Å². The molecule has 0 spiro atoms. The van der Waals surface area contributed by atoms with Crippen LogP contribution in [0.4, 0.5) is 0 Å². The molecule has 0 aliphatic heterocycles. The van der Waals surface area contributed by atoms with Crippen LogP contribution in [0.3, 0.4) is 0 Å². The molecule has 0 radical (unpaired) electrons. The van der Waals surface area contributed by atoms with Crippen molar-refractivity contribution in [3.63, 3.8) is 0 Å². The summed E-state index contributed by atoms with van der Waals surface area (Å²) in [4.78, 5) is 0. The first-order chi connectivity index (χ1) is 22.5. The van der Waals surface area contributed by atoms with Crippen LogP contribution in [0.1, 0.15) is 56.9 Å². The maximum atomic E-state index is 6.14. The molecule has 0 fully saturated rings. The van der Waals surface area contributed by atoms with Crippen LogP contribution in [0.15, 0.2) is 59.1 Å². The zero-order valence-electron chi connectivity index (χ0n) is 28.0. The number of benzene rings is 3. The van der Waals surface area contributed by atoms with Crippen molar-refractivity contribution in [1.29, 1.82) is 0 Å². The molecule has 1 heterocycles. The van der Waals surface area contributed by atoms with E-state index >= 15 is 0 Å². The molecule has 9 nitrogen and oxygen atoms in total. The molecule has 0 amide bonds. The Morgan fingerprint density at radius 1 is 0.500 bits per heavy atom. The summed E-state index contributed by atoms with van der Waals surface area (Å²) in [5.74, 6) is 5.19. The molecule has 0 aliphatic rings. The zero-order chi connectivity index (χ0) is 32.7. The number of ether oxygens (including phenoxy) is 7. The van der Waals surface area contributed by atoms with E-state index in [-0.39, 0.29) is 0 Å². The van der Waals surface area contributed by atoms with E-state index in [1.54, 1.807) is 35.5 Å². The molecule has 3 aromatic carbocycles. The van der Waals surface area contributed by atoms with Gasteiger partial charge in [0.15, 0.2) is 40.3 Å². The predicted octanol–water partition coefficient (Wildman–Crippen LogP) is 8.94. The topological polar surface area (TPSA) is 90.6 Å². The fraction of sp³-hybridized carbons (Fsp3) is 0.432. The van der Waals surface area contributed by atoms with E-state index in [2.05, 4.69) is 12.1 Å². The summed E-state index contributed by atoms with van der Waals surface area (Å²) in [6, 6.07) is 17.3. The molecule has 0 aliphatic carbocycles. The Kier molecular flexibility index (Phi) is 13.3. The predicted molar refractivity (Wildman–Crippen MR) is 179 cm³/mol. The van der Waals surface area contributed by atoms with Crippen LogP contribution >= 0.6 is 0 Å². The molecule has 46 heavy (non-hydrogen) atoms. The molecule has 0 saturated heterocycles. The van der Waals surface area contributed by atoms with Gasteiger partial charge in [-0.25, -0.2) is 0 Å². The fourth-order valence-corrected chi connectivity index (χ4v) is 5.24. The van der Waals surface area contributed by atoms with Gasteiger partial charge in [-0.1, -0.05) is 49.7 Å². The second-order valence-electron chi connectivity index (χ2n) is 11.0. The molecule has 248 valence electrons. The standard InChI is InChI=1S/C37H47NO8/c1-26-15-17-30(39-2)33(21-26)44-19-13-11-9-7-8-10-12-14-20-45-34-22-27(16-18-31(34)40-3)32-25-29(38-46-32)28-23-35(41-4)37(43-6)36(24-28)42-5/h15-18,21-25H,7-14,19-20H2,1-6H3. The highest BCUT2D eigenvalue weighted by Crippen LogP contribution is 2.42. The minimum absolute atomic E-state index is 0.520. The van der Waals surface area contributed by atoms with Crippen molar-refractivity contribution in [2.45, 2.75) is 58.3 Å². The number of rotatable bonds is 20. The number of methoxy groups -OCH3 is 5. The lowest BCUT2D eigenvalue weighted by atomic mass is 10.1. The SMILES string of the molecule is COc1ccc(C)cc1OCCCCCCCCCCOc1cc(-c2cc(-c3cc(OC)c(OC)c(OC)c3)no2)ccc1OC. The van der Waals surface area contributed by atoms with Crippen molar-refractivity contribution in [1.82, 2.24) is 5.16 Å². The zero-order valence-corrected chi connectivity index (χ0v) is 28.0. The third kappa shape index (κ3) is 9.25. The van der Waals surface area contributed by atoms with Crippen LogP contribution in [0, 0.1) is 6.92 Å². The Morgan fingerprint density at radius 3 is 1.54 bits per heavy atom. The molecule has 1 aromatic heterocycles. The van der Waals surface area contributed by atoms with Crippen molar-refractivity contribution in [3.05, 3.63) is 60.2 Å². The third-order valence-corrected chi connectivity index (χ3v) is 7.79. The average Bonchev–Trinajstić information content (AvgIpc) is 3.58. The summed E-state index contributed by atoms with van der Waals surface area (Å²) >= 11 is 0. The van der Waals surface area contributed by atoms with Crippen LogP contribution in [-0.4, -0.2) is 53.9 Å². The molecule has 0 N–H and O–H groups in total. The van der Waals surface area contributed by atoms with E-state index < -0.39 is 0 Å². The lowest BCUT2D eigenvalue weighted by Gasteiger charge is -2.13. The van der Waals surface area contributed by atoms with Crippen LogP contribution in [0.2, 0.25) is 0 Å². The molecule has 4 rings (SSSR count). The highest BCUT2D eigenvalue weighted by molar-refractivity contribution is 5.72. The Bertz CT molecular complexity index is 1490. The van der Waals surface area contributed by atoms with Crippen molar-refractivity contribution < 1.29 is 37.7 Å². The maximum Gasteiger partial charge on any atom is 0.203 e. The monoisotopic (exact) mass is 633 g/mol. The Hall–Kier alpha value is -4.53. The molecule has 0 bridgehead atoms. The van der Waals surface area contributed by atoms with Gasteiger partial charge in [0, 0.05) is 17.2 Å². The number of unbranched alkanes of at least 4 members (excludes halogenated alkanes) is 7. The van der Waals surface area contributed by atoms with Crippen LogP contribution in [0.25, 0.3) is 22.6 Å². The molecule has 4 aromatic rings. The highest BCUT2D eigenvalue weighted by Gasteiger charge is 2.18. The van der Waals surface area contributed by atoms with E-state index in [9.17, 15) is 0 Å². The maximum absolute atomic E-state index is 6.14. The van der Waals surface area contributed by atoms with Crippen molar-refractivity contribution >= 4 is 0 Å². The highest BCUT2D eigenvalue weighted by atomic mass is 16.5. The number of hydrogen-bond acceptors (Lipinski definition) is 9. The lowest BCUT2D eigenvalue weighted by molar-refractivity contribution is 0.282. The van der Waals surface area contributed by atoms with Gasteiger partial charge in [0.1, 0.15) is 5.69 Å². The van der Waals surface area contributed by atoms with Crippen LogP contribution in [0.5, 0.6) is 40.2 Å². The number of aromatic nitrogens is 1. The lowest BCUT2D eigenvalue weighted by Crippen LogP contribution is -2.00. The summed E-state index contributed by atoms with van der Waals surface area (Å²) in [6.07, 6.45) is 9.20. The third-order valence-electron chi connectivity index (χ3n) is 7.79. The van der Waals surface area contributed by atoms with Gasteiger partial charge >= 0.3 is 0 Å². The Morgan fingerprint density at radius 2 is 1.00 bits per heavy atom. The number of aryl methyl sites for hydroxylation is 1. The van der Waals surface area contributed by atoms with Gasteiger partial charge in [-0.2, -0.15) is 0 Å². The molecule has 0 saturated carbocycles. The first-order valence-corrected chi connectivity index (χ1v) is 15.9. The minimum atomic E-state index is 0.520. The molecular formula is C37H47NO8. The molecular weight excluding hydrogens is 586 g/mol. The Labute approximate surface area is 272 Å². The summed E-state index contributed by atoms with van der Waals surface area (Å²) in [6.45, 7) is 3.39. The molecule has 0 atom stereocenters. The van der Waals surface area contributed by atoms with Gasteiger partial charge in [-0.3, -0.25) is 0 Å². The number of hydrogen-bond donors (Lipinski definition) is 0. The summed E-state index contributed by atoms with van der Waals surface area (Å²) < 4.78 is 45.1. The quantitative estimate of drug-likeness (QED) is 0.0885. The van der Waals surface area contributed by atoms with Crippen LogP contribution < -0.4 is 33.2 Å². The number of nitrogens with zero attached hydrogens (tertiary/aromatic N) is 1. The fourth-order valence-electron chi connectivity index (χ4n) is 5.24. The van der Waals surface area contributed by atoms with Crippen LogP contribution in [-0.2, 0) is 0 Å². The van der Waals surface area contributed by atoms with Crippen molar-refractivity contribution in [3.8, 4) is 62.8 Å². The van der Waals surface area contributed by atoms with Gasteiger partial charge in [-0.15, -0.1) is 0 Å². The first-order valence-electron chi connectivity index (χ1n) is 15.9. The van der Waals surface area contributed by atoms with E-state index in [1.165, 1.54) is 37.7 Å². The Balaban J connectivity index is 1.19. The van der Waals surface area contributed by atoms with Gasteiger partial charge in [0.05, 0.1) is 48.8 Å². The van der Waals surface area contributed by atoms with E-state index in [1.807, 2.05) is 54.6 Å². The average molecular weight is 634 g/mol. The molecule has 0 unspecified atom stereocenters. The van der Waals surface area contributed by atoms with E-state index in [0.717, 1.165) is 41.9 Å². The minimum Gasteiger partial charge on any atom is -0.493 e. The van der Waals surface area contributed by atoms with E-state index in [4.69, 9.17) is 37.7 Å². The first kappa shape index (κ1) is 34.3. The smallest absolute Gasteiger partial charge is 0.203 e. The van der Waals surface area contributed by atoms with Gasteiger partial charge in [0.25, 0.3) is 0 Å². The largest absolute Gasteiger partial charge is 0.493 e. The van der Waals surface area contributed by atoms with Gasteiger partial charge < -0.3 is 37.7 Å². The van der Waals surface area contributed by atoms with Crippen molar-refractivity contribution in [2.75, 3.05) is 48.8 Å². The molecule has 9 heteroatoms. The summed E-state index contributed by atoms with van der Waals surface area (Å²) in [5.41, 5.74) is 3.43. The summed E-state index contributed by atoms with van der Waals surface area (Å²) in [5, 5.41) is 4.28. The second kappa shape index (κ2) is 17.8. The normalized spacial score (nSPS) is 10.8. The summed E-state index contributed by atoms with van der Waals surface area (Å²) in [7, 11) is 8.06. The van der Waals surface area contributed by atoms with E-state index in [0.29, 0.717) is 53.4 Å². The second-order valence-corrected chi connectivity index (χ2v) is 11.0. The van der Waals surface area contributed by atoms with Gasteiger partial charge in [-0.05, 0) is 67.8 Å².